The van der Waals surface area contributed by atoms with E-state index >= 15 is 0 Å². The lowest BCUT2D eigenvalue weighted by Crippen LogP contribution is -2.27. The lowest BCUT2D eigenvalue weighted by molar-refractivity contribution is 0.0949. The molecule has 1 amide bonds. The van der Waals surface area contributed by atoms with Gasteiger partial charge < -0.3 is 11.1 Å². The van der Waals surface area contributed by atoms with E-state index in [2.05, 4.69) is 42.0 Å². The average Bonchev–Trinajstić information content (AvgIpc) is 2.20. The average molecular weight is 299 g/mol. The van der Waals surface area contributed by atoms with Crippen molar-refractivity contribution in [2.45, 2.75) is 27.2 Å². The molecule has 0 aliphatic rings. The van der Waals surface area contributed by atoms with Gasteiger partial charge in [-0.2, -0.15) is 0 Å². The van der Waals surface area contributed by atoms with Crippen molar-refractivity contribution in [3.63, 3.8) is 0 Å². The molecule has 0 aliphatic carbocycles. The molecule has 0 unspecified atom stereocenters. The van der Waals surface area contributed by atoms with Gasteiger partial charge >= 0.3 is 0 Å². The number of benzene rings is 1. The molecule has 0 aliphatic heterocycles. The van der Waals surface area contributed by atoms with Crippen LogP contribution < -0.4 is 11.1 Å². The van der Waals surface area contributed by atoms with Crippen molar-refractivity contribution in [1.29, 1.82) is 0 Å². The predicted molar refractivity (Wildman–Crippen MR) is 75.0 cm³/mol. The Bertz CT molecular complexity index is 410. The number of amides is 1. The Morgan fingerprint density at radius 3 is 2.65 bits per heavy atom. The number of hydrogen-bond donors (Lipinski definition) is 2. The van der Waals surface area contributed by atoms with E-state index in [0.29, 0.717) is 22.3 Å². The van der Waals surface area contributed by atoms with E-state index in [1.54, 1.807) is 18.2 Å². The minimum Gasteiger partial charge on any atom is -0.398 e. The predicted octanol–water partition coefficient (Wildman–Crippen LogP) is 3.20. The molecule has 0 saturated carbocycles. The van der Waals surface area contributed by atoms with Gasteiger partial charge in [-0.05, 0) is 39.9 Å². The van der Waals surface area contributed by atoms with Crippen LogP contribution in [0, 0.1) is 5.41 Å². The molecule has 4 heteroatoms. The van der Waals surface area contributed by atoms with E-state index in [1.165, 1.54) is 0 Å². The van der Waals surface area contributed by atoms with Gasteiger partial charge in [0.05, 0.1) is 10.0 Å². The van der Waals surface area contributed by atoms with Crippen LogP contribution in [0.5, 0.6) is 0 Å². The first-order chi connectivity index (χ1) is 7.81. The lowest BCUT2D eigenvalue weighted by atomic mass is 9.92. The number of rotatable bonds is 3. The maximum absolute atomic E-state index is 11.9. The Labute approximate surface area is 111 Å². The van der Waals surface area contributed by atoms with Gasteiger partial charge in [0.1, 0.15) is 0 Å². The number of nitrogens with two attached hydrogens (primary N) is 1. The summed E-state index contributed by atoms with van der Waals surface area (Å²) in [6.07, 6.45) is 0.943. The molecule has 0 spiro atoms. The lowest BCUT2D eigenvalue weighted by Gasteiger charge is -2.18. The maximum atomic E-state index is 11.9. The molecule has 0 atom stereocenters. The molecule has 0 saturated heterocycles. The first kappa shape index (κ1) is 14.0. The summed E-state index contributed by atoms with van der Waals surface area (Å²) >= 11 is 3.33. The number of carbonyl (C=O) groups excluding carboxylic acids is 1. The number of halogens is 1. The zero-order chi connectivity index (χ0) is 13.1. The Hall–Kier alpha value is -1.03. The number of carbonyl (C=O) groups is 1. The van der Waals surface area contributed by atoms with Crippen LogP contribution in [0.2, 0.25) is 0 Å². The van der Waals surface area contributed by atoms with Gasteiger partial charge in [-0.25, -0.2) is 0 Å². The highest BCUT2D eigenvalue weighted by molar-refractivity contribution is 9.10. The topological polar surface area (TPSA) is 55.1 Å². The number of hydrogen-bond acceptors (Lipinski definition) is 2. The summed E-state index contributed by atoms with van der Waals surface area (Å²) in [6, 6.07) is 5.29. The number of anilines is 1. The molecule has 0 bridgehead atoms. The van der Waals surface area contributed by atoms with Crippen LogP contribution in [-0.2, 0) is 0 Å². The molecule has 0 fully saturated rings. The van der Waals surface area contributed by atoms with E-state index in [4.69, 9.17) is 5.73 Å². The minimum atomic E-state index is -0.0894. The maximum Gasteiger partial charge on any atom is 0.252 e. The summed E-state index contributed by atoms with van der Waals surface area (Å²) in [5.74, 6) is -0.0894. The molecule has 1 aromatic carbocycles. The minimum absolute atomic E-state index is 0.0894. The molecule has 1 aromatic rings. The summed E-state index contributed by atoms with van der Waals surface area (Å²) in [5, 5.41) is 2.90. The first-order valence-corrected chi connectivity index (χ1v) is 6.43. The van der Waals surface area contributed by atoms with Crippen molar-refractivity contribution in [3.8, 4) is 0 Å². The third-order valence-corrected chi connectivity index (χ3v) is 3.32. The summed E-state index contributed by atoms with van der Waals surface area (Å²) in [5.41, 5.74) is 7.11. The molecule has 17 heavy (non-hydrogen) atoms. The fraction of sp³-hybridized carbons (Fsp3) is 0.462. The van der Waals surface area contributed by atoms with Gasteiger partial charge in [0.2, 0.25) is 0 Å². The number of nitrogen functional groups attached to an aromatic ring is 1. The van der Waals surface area contributed by atoms with Crippen LogP contribution in [0.1, 0.15) is 37.6 Å². The van der Waals surface area contributed by atoms with E-state index in [-0.39, 0.29) is 11.3 Å². The fourth-order valence-corrected chi connectivity index (χ4v) is 1.82. The zero-order valence-electron chi connectivity index (χ0n) is 10.5. The van der Waals surface area contributed by atoms with Crippen molar-refractivity contribution in [1.82, 2.24) is 5.32 Å². The van der Waals surface area contributed by atoms with Crippen LogP contribution in [0.4, 0.5) is 5.69 Å². The Balaban J connectivity index is 2.62. The SMILES string of the molecule is CC(C)(C)CCNC(=O)c1cccc(N)c1Br. The second-order valence-electron chi connectivity index (χ2n) is 5.28. The fourth-order valence-electron chi connectivity index (χ4n) is 1.37. The molecular weight excluding hydrogens is 280 g/mol. The van der Waals surface area contributed by atoms with Gasteiger partial charge in [0.15, 0.2) is 0 Å². The van der Waals surface area contributed by atoms with Crippen molar-refractivity contribution >= 4 is 27.5 Å². The highest BCUT2D eigenvalue weighted by Gasteiger charge is 2.13. The highest BCUT2D eigenvalue weighted by atomic mass is 79.9. The van der Waals surface area contributed by atoms with Crippen molar-refractivity contribution in [3.05, 3.63) is 28.2 Å². The molecule has 3 nitrogen and oxygen atoms in total. The van der Waals surface area contributed by atoms with Crippen LogP contribution in [0.25, 0.3) is 0 Å². The zero-order valence-corrected chi connectivity index (χ0v) is 12.1. The molecular formula is C13H19BrN2O. The first-order valence-electron chi connectivity index (χ1n) is 5.63. The molecule has 94 valence electrons. The van der Waals surface area contributed by atoms with Crippen LogP contribution in [-0.4, -0.2) is 12.5 Å². The van der Waals surface area contributed by atoms with Crippen molar-refractivity contribution in [2.24, 2.45) is 5.41 Å². The Kier molecular flexibility index (Phi) is 4.57. The van der Waals surface area contributed by atoms with Gasteiger partial charge in [-0.3, -0.25) is 4.79 Å². The molecule has 0 aromatic heterocycles. The van der Waals surface area contributed by atoms with E-state index < -0.39 is 0 Å². The molecule has 3 N–H and O–H groups in total. The van der Waals surface area contributed by atoms with Crippen molar-refractivity contribution < 1.29 is 4.79 Å². The van der Waals surface area contributed by atoms with Crippen LogP contribution in [0.15, 0.2) is 22.7 Å². The smallest absolute Gasteiger partial charge is 0.252 e. The largest absolute Gasteiger partial charge is 0.398 e. The van der Waals surface area contributed by atoms with E-state index in [0.717, 1.165) is 6.42 Å². The third-order valence-electron chi connectivity index (χ3n) is 2.43. The summed E-state index contributed by atoms with van der Waals surface area (Å²) in [7, 11) is 0. The Morgan fingerprint density at radius 2 is 2.06 bits per heavy atom. The standard InChI is InChI=1S/C13H19BrN2O/c1-13(2,3)7-8-16-12(17)9-5-4-6-10(15)11(9)14/h4-6H,7-8,15H2,1-3H3,(H,16,17). The van der Waals surface area contributed by atoms with Crippen LogP contribution >= 0.6 is 15.9 Å². The van der Waals surface area contributed by atoms with Crippen molar-refractivity contribution in [2.75, 3.05) is 12.3 Å². The summed E-state index contributed by atoms with van der Waals surface area (Å²) in [6.45, 7) is 7.12. The molecule has 0 radical (unpaired) electrons. The Morgan fingerprint density at radius 1 is 1.41 bits per heavy atom. The van der Waals surface area contributed by atoms with Gasteiger partial charge in [-0.1, -0.05) is 26.8 Å². The van der Waals surface area contributed by atoms with Gasteiger partial charge in [0, 0.05) is 12.2 Å². The quantitative estimate of drug-likeness (QED) is 0.842. The number of nitrogens with one attached hydrogen (secondary N) is 1. The monoisotopic (exact) mass is 298 g/mol. The molecule has 1 rings (SSSR count). The normalized spacial score (nSPS) is 11.3. The highest BCUT2D eigenvalue weighted by Crippen LogP contribution is 2.23. The van der Waals surface area contributed by atoms with Gasteiger partial charge in [-0.15, -0.1) is 0 Å². The molecule has 0 heterocycles. The summed E-state index contributed by atoms with van der Waals surface area (Å²) in [4.78, 5) is 11.9. The second kappa shape index (κ2) is 5.54. The second-order valence-corrected chi connectivity index (χ2v) is 6.07. The van der Waals surface area contributed by atoms with E-state index in [1.807, 2.05) is 0 Å². The van der Waals surface area contributed by atoms with Gasteiger partial charge in [0.25, 0.3) is 5.91 Å². The summed E-state index contributed by atoms with van der Waals surface area (Å²) < 4.78 is 0.660. The third kappa shape index (κ3) is 4.38. The van der Waals surface area contributed by atoms with Crippen LogP contribution in [0.3, 0.4) is 0 Å². The van der Waals surface area contributed by atoms with E-state index in [9.17, 15) is 4.79 Å².